The zero-order valence-electron chi connectivity index (χ0n) is 15.3. The number of benzene rings is 2. The molecule has 0 atom stereocenters. The Hall–Kier alpha value is -2.95. The Labute approximate surface area is 152 Å². The topological polar surface area (TPSA) is 71.6 Å². The minimum absolute atomic E-state index is 0.0457. The fraction of sp³-hybridized carbons (Fsp3) is 0.286. The summed E-state index contributed by atoms with van der Waals surface area (Å²) in [7, 11) is 0. The zero-order chi connectivity index (χ0) is 18.7. The molecule has 0 spiro atoms. The Kier molecular flexibility index (Phi) is 5.16. The van der Waals surface area contributed by atoms with Gasteiger partial charge in [0.15, 0.2) is 11.5 Å². The van der Waals surface area contributed by atoms with Crippen molar-refractivity contribution in [2.45, 2.75) is 27.2 Å². The molecule has 0 radical (unpaired) electrons. The van der Waals surface area contributed by atoms with Gasteiger partial charge in [0.05, 0.1) is 25.3 Å². The van der Waals surface area contributed by atoms with Crippen molar-refractivity contribution in [2.24, 2.45) is 0 Å². The molecule has 0 aliphatic heterocycles. The number of H-pyrrole nitrogens is 1. The number of hydrogen-bond acceptors (Lipinski definition) is 3. The van der Waals surface area contributed by atoms with E-state index in [0.717, 1.165) is 33.3 Å². The number of nitrogens with one attached hydrogen (secondary N) is 1. The molecule has 2 aromatic carbocycles. The fourth-order valence-electron chi connectivity index (χ4n) is 3.15. The number of rotatable bonds is 7. The molecular formula is C21H23NO4. The van der Waals surface area contributed by atoms with Gasteiger partial charge < -0.3 is 19.6 Å². The van der Waals surface area contributed by atoms with Crippen LogP contribution >= 0.6 is 0 Å². The van der Waals surface area contributed by atoms with Crippen molar-refractivity contribution in [1.82, 2.24) is 4.98 Å². The largest absolute Gasteiger partial charge is 0.490 e. The number of ether oxygens (including phenoxy) is 2. The quantitative estimate of drug-likeness (QED) is 0.653. The third-order valence-corrected chi connectivity index (χ3v) is 4.22. The van der Waals surface area contributed by atoms with Crippen molar-refractivity contribution >= 4 is 16.9 Å². The molecule has 0 saturated carbocycles. The van der Waals surface area contributed by atoms with E-state index in [2.05, 4.69) is 4.98 Å². The molecule has 0 fully saturated rings. The Morgan fingerprint density at radius 2 is 1.77 bits per heavy atom. The maximum absolute atomic E-state index is 11.4. The summed E-state index contributed by atoms with van der Waals surface area (Å²) in [4.78, 5) is 14.8. The van der Waals surface area contributed by atoms with E-state index in [4.69, 9.17) is 9.47 Å². The van der Waals surface area contributed by atoms with Crippen LogP contribution in [-0.2, 0) is 11.2 Å². The number of aryl methyl sites for hydroxylation is 1. The van der Waals surface area contributed by atoms with E-state index in [1.807, 2.05) is 57.2 Å². The number of hydrogen-bond donors (Lipinski definition) is 2. The molecule has 1 aromatic heterocycles. The van der Waals surface area contributed by atoms with E-state index in [0.29, 0.717) is 24.7 Å². The van der Waals surface area contributed by atoms with Gasteiger partial charge in [-0.15, -0.1) is 0 Å². The van der Waals surface area contributed by atoms with Crippen LogP contribution in [0.1, 0.15) is 25.0 Å². The lowest BCUT2D eigenvalue weighted by Crippen LogP contribution is -2.02. The molecule has 0 bridgehead atoms. The van der Waals surface area contributed by atoms with Gasteiger partial charge in [-0.05, 0) is 56.7 Å². The van der Waals surface area contributed by atoms with Gasteiger partial charge in [-0.1, -0.05) is 11.6 Å². The van der Waals surface area contributed by atoms with Crippen molar-refractivity contribution in [2.75, 3.05) is 13.2 Å². The standard InChI is InChI=1S/C21H23NO4/c1-4-25-18-9-7-14(11-19(18)26-5-2)21-16(12-20(23)24)15-10-13(3)6-8-17(15)22-21/h6-11,22H,4-5,12H2,1-3H3,(H,23,24). The minimum atomic E-state index is -0.857. The van der Waals surface area contributed by atoms with Gasteiger partial charge in [0.2, 0.25) is 0 Å². The van der Waals surface area contributed by atoms with E-state index >= 15 is 0 Å². The fourth-order valence-corrected chi connectivity index (χ4v) is 3.15. The van der Waals surface area contributed by atoms with E-state index in [-0.39, 0.29) is 6.42 Å². The summed E-state index contributed by atoms with van der Waals surface area (Å²) in [5.41, 5.74) is 4.48. The lowest BCUT2D eigenvalue weighted by Gasteiger charge is -2.12. The summed E-state index contributed by atoms with van der Waals surface area (Å²) in [5.74, 6) is 0.484. The molecule has 0 unspecified atom stereocenters. The first-order valence-corrected chi connectivity index (χ1v) is 8.76. The monoisotopic (exact) mass is 353 g/mol. The highest BCUT2D eigenvalue weighted by molar-refractivity contribution is 5.94. The lowest BCUT2D eigenvalue weighted by molar-refractivity contribution is -0.136. The summed E-state index contributed by atoms with van der Waals surface area (Å²) in [5, 5.41) is 10.3. The summed E-state index contributed by atoms with van der Waals surface area (Å²) in [6.45, 7) is 6.92. The Morgan fingerprint density at radius 1 is 1.04 bits per heavy atom. The second-order valence-electron chi connectivity index (χ2n) is 6.13. The van der Waals surface area contributed by atoms with E-state index in [9.17, 15) is 9.90 Å². The Balaban J connectivity index is 2.17. The van der Waals surface area contributed by atoms with Gasteiger partial charge in [-0.3, -0.25) is 4.79 Å². The lowest BCUT2D eigenvalue weighted by atomic mass is 10.0. The minimum Gasteiger partial charge on any atom is -0.490 e. The Morgan fingerprint density at radius 3 is 2.46 bits per heavy atom. The van der Waals surface area contributed by atoms with E-state index in [1.165, 1.54) is 0 Å². The van der Waals surface area contributed by atoms with Crippen LogP contribution in [0.15, 0.2) is 36.4 Å². The average Bonchev–Trinajstić information content (AvgIpc) is 2.94. The number of carbonyl (C=O) groups is 1. The highest BCUT2D eigenvalue weighted by Crippen LogP contribution is 2.36. The van der Waals surface area contributed by atoms with Crippen molar-refractivity contribution in [3.63, 3.8) is 0 Å². The van der Waals surface area contributed by atoms with Crippen molar-refractivity contribution in [1.29, 1.82) is 0 Å². The van der Waals surface area contributed by atoms with Crippen molar-refractivity contribution < 1.29 is 19.4 Å². The third-order valence-electron chi connectivity index (χ3n) is 4.22. The number of aromatic nitrogens is 1. The van der Waals surface area contributed by atoms with Gasteiger partial charge in [-0.25, -0.2) is 0 Å². The molecule has 0 aliphatic carbocycles. The normalized spacial score (nSPS) is 10.9. The highest BCUT2D eigenvalue weighted by atomic mass is 16.5. The first-order valence-electron chi connectivity index (χ1n) is 8.76. The van der Waals surface area contributed by atoms with Crippen molar-refractivity contribution in [3.05, 3.63) is 47.5 Å². The number of aromatic amines is 1. The molecule has 136 valence electrons. The maximum atomic E-state index is 11.4. The van der Waals surface area contributed by atoms with Gasteiger partial charge >= 0.3 is 5.97 Å². The predicted molar refractivity (Wildman–Crippen MR) is 102 cm³/mol. The van der Waals surface area contributed by atoms with Crippen LogP contribution in [0, 0.1) is 6.92 Å². The maximum Gasteiger partial charge on any atom is 0.307 e. The highest BCUT2D eigenvalue weighted by Gasteiger charge is 2.17. The number of carboxylic acid groups (broad SMARTS) is 1. The van der Waals surface area contributed by atoms with Gasteiger partial charge in [0, 0.05) is 16.5 Å². The van der Waals surface area contributed by atoms with Crippen molar-refractivity contribution in [3.8, 4) is 22.8 Å². The van der Waals surface area contributed by atoms with Crippen LogP contribution in [0.25, 0.3) is 22.2 Å². The molecule has 0 saturated heterocycles. The van der Waals surface area contributed by atoms with E-state index < -0.39 is 5.97 Å². The first kappa shape index (κ1) is 17.9. The average molecular weight is 353 g/mol. The smallest absolute Gasteiger partial charge is 0.307 e. The van der Waals surface area contributed by atoms with Crippen LogP contribution in [0.5, 0.6) is 11.5 Å². The zero-order valence-corrected chi connectivity index (χ0v) is 15.3. The second-order valence-corrected chi connectivity index (χ2v) is 6.13. The Bertz CT molecular complexity index is 943. The van der Waals surface area contributed by atoms with Gasteiger partial charge in [-0.2, -0.15) is 0 Å². The van der Waals surface area contributed by atoms with Crippen LogP contribution < -0.4 is 9.47 Å². The molecule has 3 aromatic rings. The molecule has 0 aliphatic rings. The number of aliphatic carboxylic acids is 1. The molecule has 2 N–H and O–H groups in total. The van der Waals surface area contributed by atoms with Crippen LogP contribution in [0.3, 0.4) is 0 Å². The van der Waals surface area contributed by atoms with E-state index in [1.54, 1.807) is 0 Å². The first-order chi connectivity index (χ1) is 12.5. The SMILES string of the molecule is CCOc1ccc(-c2[nH]c3ccc(C)cc3c2CC(=O)O)cc1OCC. The molecule has 26 heavy (non-hydrogen) atoms. The summed E-state index contributed by atoms with van der Waals surface area (Å²) in [6, 6.07) is 11.7. The molecule has 0 amide bonds. The summed E-state index contributed by atoms with van der Waals surface area (Å²) >= 11 is 0. The van der Waals surface area contributed by atoms with Crippen LogP contribution in [0.4, 0.5) is 0 Å². The molecule has 1 heterocycles. The predicted octanol–water partition coefficient (Wildman–Crippen LogP) is 4.57. The summed E-state index contributed by atoms with van der Waals surface area (Å²) in [6.07, 6.45) is -0.0457. The van der Waals surface area contributed by atoms with Crippen LogP contribution in [0.2, 0.25) is 0 Å². The summed E-state index contributed by atoms with van der Waals surface area (Å²) < 4.78 is 11.3. The third kappa shape index (κ3) is 3.52. The molecule has 5 heteroatoms. The second kappa shape index (κ2) is 7.52. The number of fused-ring (bicyclic) bond motifs is 1. The molecule has 5 nitrogen and oxygen atoms in total. The van der Waals surface area contributed by atoms with Gasteiger partial charge in [0.1, 0.15) is 0 Å². The number of carboxylic acids is 1. The molecule has 3 rings (SSSR count). The molecular weight excluding hydrogens is 330 g/mol. The van der Waals surface area contributed by atoms with Gasteiger partial charge in [0.25, 0.3) is 0 Å². The van der Waals surface area contributed by atoms with Crippen LogP contribution in [-0.4, -0.2) is 29.3 Å².